The topological polar surface area (TPSA) is 78.5 Å². The molecule has 1 aliphatic heterocycles. The molecule has 1 unspecified atom stereocenters. The summed E-state index contributed by atoms with van der Waals surface area (Å²) in [6.07, 6.45) is 1.05. The van der Waals surface area contributed by atoms with Crippen molar-refractivity contribution in [1.82, 2.24) is 14.9 Å². The average Bonchev–Trinajstić information content (AvgIpc) is 2.42. The molecule has 2 rings (SSSR count). The van der Waals surface area contributed by atoms with Gasteiger partial charge in [0.2, 0.25) is 5.88 Å². The molecule has 6 nitrogen and oxygen atoms in total. The van der Waals surface area contributed by atoms with Crippen molar-refractivity contribution in [3.8, 4) is 5.88 Å². The van der Waals surface area contributed by atoms with E-state index in [0.717, 1.165) is 19.5 Å². The molecule has 2 N–H and O–H groups in total. The number of aromatic nitrogens is 2. The van der Waals surface area contributed by atoms with Gasteiger partial charge in [0.1, 0.15) is 11.9 Å². The summed E-state index contributed by atoms with van der Waals surface area (Å²) < 4.78 is 5.62. The summed E-state index contributed by atoms with van der Waals surface area (Å²) in [5.41, 5.74) is 0.0935. The van der Waals surface area contributed by atoms with Crippen molar-refractivity contribution < 1.29 is 9.84 Å². The predicted octanol–water partition coefficient (Wildman–Crippen LogP) is 0.821. The van der Waals surface area contributed by atoms with E-state index < -0.39 is 0 Å². The van der Waals surface area contributed by atoms with Crippen LogP contribution in [0.3, 0.4) is 0 Å². The molecule has 0 aliphatic carbocycles. The SMILES string of the molecule is CCCc1c(O)nc(C2CN(CC)CCO2)[nH]c1=O. The molecule has 1 aliphatic rings. The first-order valence-electron chi connectivity index (χ1n) is 6.81. The maximum atomic E-state index is 11.9. The number of nitrogens with one attached hydrogen (secondary N) is 1. The Bertz CT molecular complexity index is 487. The first kappa shape index (κ1) is 14.0. The van der Waals surface area contributed by atoms with Gasteiger partial charge in [-0.3, -0.25) is 9.69 Å². The summed E-state index contributed by atoms with van der Waals surface area (Å²) >= 11 is 0. The first-order valence-corrected chi connectivity index (χ1v) is 6.81. The van der Waals surface area contributed by atoms with Crippen LogP contribution in [0.1, 0.15) is 37.8 Å². The molecular formula is C13H21N3O3. The van der Waals surface area contributed by atoms with Crippen molar-refractivity contribution in [2.45, 2.75) is 32.8 Å². The van der Waals surface area contributed by atoms with Crippen LogP contribution in [0.5, 0.6) is 5.88 Å². The largest absolute Gasteiger partial charge is 0.493 e. The molecule has 106 valence electrons. The number of morpholine rings is 1. The zero-order valence-corrected chi connectivity index (χ0v) is 11.5. The number of hydrogen-bond acceptors (Lipinski definition) is 5. The Kier molecular flexibility index (Phi) is 4.55. The van der Waals surface area contributed by atoms with Gasteiger partial charge in [0, 0.05) is 13.1 Å². The molecule has 1 aromatic heterocycles. The molecule has 1 fully saturated rings. The first-order chi connectivity index (χ1) is 9.15. The fourth-order valence-electron chi connectivity index (χ4n) is 2.29. The molecule has 2 heterocycles. The van der Waals surface area contributed by atoms with Crippen LogP contribution in [-0.4, -0.2) is 46.2 Å². The van der Waals surface area contributed by atoms with Crippen LogP contribution >= 0.6 is 0 Å². The van der Waals surface area contributed by atoms with Crippen LogP contribution in [0.4, 0.5) is 0 Å². The van der Waals surface area contributed by atoms with Gasteiger partial charge in [0.25, 0.3) is 5.56 Å². The van der Waals surface area contributed by atoms with Crippen LogP contribution in [0, 0.1) is 0 Å². The Balaban J connectivity index is 2.23. The van der Waals surface area contributed by atoms with Gasteiger partial charge in [-0.25, -0.2) is 0 Å². The number of hydrogen-bond donors (Lipinski definition) is 2. The smallest absolute Gasteiger partial charge is 0.258 e. The summed E-state index contributed by atoms with van der Waals surface area (Å²) in [4.78, 5) is 21.0. The van der Waals surface area contributed by atoms with E-state index in [-0.39, 0.29) is 17.5 Å². The monoisotopic (exact) mass is 267 g/mol. The lowest BCUT2D eigenvalue weighted by molar-refractivity contribution is -0.0329. The van der Waals surface area contributed by atoms with Gasteiger partial charge in [0.05, 0.1) is 12.2 Å². The maximum Gasteiger partial charge on any atom is 0.258 e. The second-order valence-corrected chi connectivity index (χ2v) is 4.76. The minimum Gasteiger partial charge on any atom is -0.493 e. The zero-order chi connectivity index (χ0) is 13.8. The minimum atomic E-state index is -0.275. The van der Waals surface area contributed by atoms with Crippen molar-refractivity contribution in [3.05, 3.63) is 21.7 Å². The number of rotatable bonds is 4. The average molecular weight is 267 g/mol. The highest BCUT2D eigenvalue weighted by Gasteiger charge is 2.24. The molecule has 1 aromatic rings. The summed E-state index contributed by atoms with van der Waals surface area (Å²) in [5, 5.41) is 9.86. The van der Waals surface area contributed by atoms with Crippen molar-refractivity contribution in [3.63, 3.8) is 0 Å². The van der Waals surface area contributed by atoms with E-state index in [1.807, 2.05) is 6.92 Å². The van der Waals surface area contributed by atoms with Gasteiger partial charge >= 0.3 is 0 Å². The molecule has 1 atom stereocenters. The highest BCUT2D eigenvalue weighted by atomic mass is 16.5. The minimum absolute atomic E-state index is 0.169. The van der Waals surface area contributed by atoms with Crippen molar-refractivity contribution in [1.29, 1.82) is 0 Å². The van der Waals surface area contributed by atoms with Crippen LogP contribution in [-0.2, 0) is 11.2 Å². The number of aromatic hydroxyl groups is 1. The molecule has 0 spiro atoms. The Morgan fingerprint density at radius 3 is 2.95 bits per heavy atom. The Morgan fingerprint density at radius 1 is 1.53 bits per heavy atom. The normalized spacial score (nSPS) is 20.6. The molecule has 0 saturated carbocycles. The van der Waals surface area contributed by atoms with Crippen LogP contribution < -0.4 is 5.56 Å². The molecular weight excluding hydrogens is 246 g/mol. The lowest BCUT2D eigenvalue weighted by Gasteiger charge is -2.31. The van der Waals surface area contributed by atoms with E-state index in [9.17, 15) is 9.90 Å². The van der Waals surface area contributed by atoms with Crippen molar-refractivity contribution in [2.75, 3.05) is 26.2 Å². The van der Waals surface area contributed by atoms with E-state index in [1.54, 1.807) is 0 Å². The van der Waals surface area contributed by atoms with Gasteiger partial charge in [-0.15, -0.1) is 0 Å². The van der Waals surface area contributed by atoms with Crippen molar-refractivity contribution in [2.24, 2.45) is 0 Å². The van der Waals surface area contributed by atoms with E-state index in [2.05, 4.69) is 21.8 Å². The second-order valence-electron chi connectivity index (χ2n) is 4.76. The number of nitrogens with zero attached hydrogens (tertiary/aromatic N) is 2. The number of ether oxygens (including phenoxy) is 1. The predicted molar refractivity (Wildman–Crippen MR) is 71.3 cm³/mol. The third kappa shape index (κ3) is 3.13. The molecule has 0 radical (unpaired) electrons. The van der Waals surface area contributed by atoms with Gasteiger partial charge in [-0.05, 0) is 13.0 Å². The van der Waals surface area contributed by atoms with E-state index >= 15 is 0 Å². The van der Waals surface area contributed by atoms with E-state index in [4.69, 9.17) is 4.74 Å². The fraction of sp³-hybridized carbons (Fsp3) is 0.692. The standard InChI is InChI=1S/C13H21N3O3/c1-3-5-9-12(17)14-11(15-13(9)18)10-8-16(4-2)6-7-19-10/h10H,3-8H2,1-2H3,(H2,14,15,17,18). The molecule has 1 saturated heterocycles. The zero-order valence-electron chi connectivity index (χ0n) is 11.5. The number of H-pyrrole nitrogens is 1. The lowest BCUT2D eigenvalue weighted by Crippen LogP contribution is -2.39. The third-order valence-electron chi connectivity index (χ3n) is 3.41. The van der Waals surface area contributed by atoms with Gasteiger partial charge in [-0.2, -0.15) is 4.98 Å². The maximum absolute atomic E-state index is 11.9. The summed E-state index contributed by atoms with van der Waals surface area (Å²) in [5.74, 6) is 0.248. The molecule has 0 aromatic carbocycles. The number of aromatic amines is 1. The fourth-order valence-corrected chi connectivity index (χ4v) is 2.29. The Hall–Kier alpha value is -1.40. The second kappa shape index (κ2) is 6.16. The quantitative estimate of drug-likeness (QED) is 0.844. The van der Waals surface area contributed by atoms with E-state index in [1.165, 1.54) is 0 Å². The van der Waals surface area contributed by atoms with Gasteiger partial charge in [-0.1, -0.05) is 20.3 Å². The summed E-state index contributed by atoms with van der Waals surface area (Å²) in [6.45, 7) is 7.16. The Morgan fingerprint density at radius 2 is 2.32 bits per heavy atom. The lowest BCUT2D eigenvalue weighted by atomic mass is 10.2. The van der Waals surface area contributed by atoms with Gasteiger partial charge < -0.3 is 14.8 Å². The molecule has 6 heteroatoms. The van der Waals surface area contributed by atoms with Crippen LogP contribution in [0.25, 0.3) is 0 Å². The highest BCUT2D eigenvalue weighted by molar-refractivity contribution is 5.23. The molecule has 0 bridgehead atoms. The third-order valence-corrected chi connectivity index (χ3v) is 3.41. The summed E-state index contributed by atoms with van der Waals surface area (Å²) in [6, 6.07) is 0. The van der Waals surface area contributed by atoms with Crippen molar-refractivity contribution >= 4 is 0 Å². The van der Waals surface area contributed by atoms with E-state index in [0.29, 0.717) is 31.0 Å². The Labute approximate surface area is 112 Å². The van der Waals surface area contributed by atoms with Gasteiger partial charge in [0.15, 0.2) is 0 Å². The summed E-state index contributed by atoms with van der Waals surface area (Å²) in [7, 11) is 0. The van der Waals surface area contributed by atoms with Crippen LogP contribution in [0.15, 0.2) is 4.79 Å². The highest BCUT2D eigenvalue weighted by Crippen LogP contribution is 2.20. The molecule has 19 heavy (non-hydrogen) atoms. The van der Waals surface area contributed by atoms with Crippen LogP contribution in [0.2, 0.25) is 0 Å². The number of likely N-dealkylation sites (N-methyl/N-ethyl adjacent to an activating group) is 1. The molecule has 0 amide bonds.